The summed E-state index contributed by atoms with van der Waals surface area (Å²) in [6.45, 7) is 6.74. The molecule has 1 aliphatic rings. The topological polar surface area (TPSA) is 63.1 Å². The molecule has 0 spiro atoms. The third kappa shape index (κ3) is 3.33. The third-order valence-electron chi connectivity index (χ3n) is 3.89. The van der Waals surface area contributed by atoms with E-state index in [0.717, 1.165) is 24.5 Å². The van der Waals surface area contributed by atoms with Gasteiger partial charge in [-0.3, -0.25) is 19.4 Å². The standard InChI is InChI=1S/C16H21N5O/c1-12-7-13(2)21(19-12)15-9-20(10-15)11-16(22)18-8-14-5-3-4-6-17-14/h3-7,15H,8-11H2,1-2H3,(H,18,22). The molecule has 1 amide bonds. The molecule has 3 rings (SSSR count). The van der Waals surface area contributed by atoms with Crippen LogP contribution in [-0.4, -0.2) is 45.2 Å². The molecule has 22 heavy (non-hydrogen) atoms. The Morgan fingerprint density at radius 1 is 1.36 bits per heavy atom. The fraction of sp³-hybridized carbons (Fsp3) is 0.438. The maximum absolute atomic E-state index is 11.9. The van der Waals surface area contributed by atoms with Gasteiger partial charge in [0, 0.05) is 25.0 Å². The number of carbonyl (C=O) groups excluding carboxylic acids is 1. The summed E-state index contributed by atoms with van der Waals surface area (Å²) in [5.74, 6) is 0.0393. The van der Waals surface area contributed by atoms with Gasteiger partial charge in [0.2, 0.25) is 5.91 Å². The van der Waals surface area contributed by atoms with Gasteiger partial charge < -0.3 is 5.32 Å². The van der Waals surface area contributed by atoms with E-state index in [1.54, 1.807) is 6.20 Å². The summed E-state index contributed by atoms with van der Waals surface area (Å²) in [6.07, 6.45) is 1.73. The number of carbonyl (C=O) groups is 1. The number of hydrogen-bond donors (Lipinski definition) is 1. The molecular weight excluding hydrogens is 278 g/mol. The second kappa shape index (κ2) is 6.27. The van der Waals surface area contributed by atoms with E-state index in [9.17, 15) is 4.79 Å². The summed E-state index contributed by atoms with van der Waals surface area (Å²) >= 11 is 0. The van der Waals surface area contributed by atoms with Gasteiger partial charge in [-0.1, -0.05) is 6.07 Å². The summed E-state index contributed by atoms with van der Waals surface area (Å²) in [5.41, 5.74) is 3.10. The summed E-state index contributed by atoms with van der Waals surface area (Å²) in [6, 6.07) is 8.16. The molecule has 0 aromatic carbocycles. The minimum atomic E-state index is 0.0393. The summed E-state index contributed by atoms with van der Waals surface area (Å²) in [7, 11) is 0. The molecule has 116 valence electrons. The molecule has 6 heteroatoms. The van der Waals surface area contributed by atoms with Crippen molar-refractivity contribution >= 4 is 5.91 Å². The number of aryl methyl sites for hydroxylation is 2. The first kappa shape index (κ1) is 14.7. The highest BCUT2D eigenvalue weighted by Crippen LogP contribution is 2.22. The molecule has 1 fully saturated rings. The van der Waals surface area contributed by atoms with Crippen LogP contribution >= 0.6 is 0 Å². The average Bonchev–Trinajstić information content (AvgIpc) is 2.80. The number of hydrogen-bond acceptors (Lipinski definition) is 4. The van der Waals surface area contributed by atoms with E-state index < -0.39 is 0 Å². The number of nitrogens with zero attached hydrogens (tertiary/aromatic N) is 4. The van der Waals surface area contributed by atoms with Crippen LogP contribution in [0.1, 0.15) is 23.1 Å². The van der Waals surface area contributed by atoms with Gasteiger partial charge >= 0.3 is 0 Å². The highest BCUT2D eigenvalue weighted by atomic mass is 16.2. The van der Waals surface area contributed by atoms with Crippen molar-refractivity contribution in [2.45, 2.75) is 26.4 Å². The molecule has 0 radical (unpaired) electrons. The van der Waals surface area contributed by atoms with Crippen LogP contribution in [0.2, 0.25) is 0 Å². The van der Waals surface area contributed by atoms with Crippen molar-refractivity contribution in [1.29, 1.82) is 0 Å². The molecule has 1 N–H and O–H groups in total. The molecule has 0 bridgehead atoms. The van der Waals surface area contributed by atoms with Crippen molar-refractivity contribution in [2.24, 2.45) is 0 Å². The normalized spacial score (nSPS) is 15.5. The fourth-order valence-corrected chi connectivity index (χ4v) is 2.79. The van der Waals surface area contributed by atoms with Crippen LogP contribution in [0, 0.1) is 13.8 Å². The first-order valence-corrected chi connectivity index (χ1v) is 7.53. The lowest BCUT2D eigenvalue weighted by molar-refractivity contribution is -0.123. The Morgan fingerprint density at radius 3 is 2.82 bits per heavy atom. The second-order valence-electron chi connectivity index (χ2n) is 5.82. The smallest absolute Gasteiger partial charge is 0.234 e. The molecular formula is C16H21N5O. The van der Waals surface area contributed by atoms with Gasteiger partial charge in [-0.25, -0.2) is 0 Å². The van der Waals surface area contributed by atoms with Gasteiger partial charge in [-0.15, -0.1) is 0 Å². The maximum atomic E-state index is 11.9. The van der Waals surface area contributed by atoms with E-state index in [1.165, 1.54) is 5.69 Å². The first-order chi connectivity index (χ1) is 10.6. The molecule has 0 aliphatic carbocycles. The zero-order valence-corrected chi connectivity index (χ0v) is 13.0. The SMILES string of the molecule is Cc1cc(C)n(C2CN(CC(=O)NCc3ccccn3)C2)n1. The Hall–Kier alpha value is -2.21. The minimum Gasteiger partial charge on any atom is -0.349 e. The highest BCUT2D eigenvalue weighted by molar-refractivity contribution is 5.78. The van der Waals surface area contributed by atoms with Crippen LogP contribution in [0.15, 0.2) is 30.5 Å². The summed E-state index contributed by atoms with van der Waals surface area (Å²) in [5, 5.41) is 7.41. The number of pyridine rings is 1. The lowest BCUT2D eigenvalue weighted by Gasteiger charge is -2.39. The maximum Gasteiger partial charge on any atom is 0.234 e. The van der Waals surface area contributed by atoms with Crippen molar-refractivity contribution in [1.82, 2.24) is 25.0 Å². The average molecular weight is 299 g/mol. The van der Waals surface area contributed by atoms with E-state index in [1.807, 2.05) is 25.1 Å². The monoisotopic (exact) mass is 299 g/mol. The molecule has 2 aromatic rings. The number of amides is 1. The van der Waals surface area contributed by atoms with Crippen LogP contribution in [-0.2, 0) is 11.3 Å². The third-order valence-corrected chi connectivity index (χ3v) is 3.89. The molecule has 2 aromatic heterocycles. The van der Waals surface area contributed by atoms with E-state index >= 15 is 0 Å². The van der Waals surface area contributed by atoms with E-state index in [-0.39, 0.29) is 5.91 Å². The number of likely N-dealkylation sites (tertiary alicyclic amines) is 1. The highest BCUT2D eigenvalue weighted by Gasteiger charge is 2.30. The molecule has 0 saturated carbocycles. The predicted molar refractivity (Wildman–Crippen MR) is 83.3 cm³/mol. The fourth-order valence-electron chi connectivity index (χ4n) is 2.79. The summed E-state index contributed by atoms with van der Waals surface area (Å²) < 4.78 is 2.07. The van der Waals surface area contributed by atoms with E-state index in [2.05, 4.69) is 38.0 Å². The molecule has 6 nitrogen and oxygen atoms in total. The molecule has 1 aliphatic heterocycles. The Bertz CT molecular complexity index is 646. The van der Waals surface area contributed by atoms with Gasteiger partial charge in [0.05, 0.1) is 30.5 Å². The van der Waals surface area contributed by atoms with Crippen LogP contribution in [0.5, 0.6) is 0 Å². The zero-order chi connectivity index (χ0) is 15.5. The Balaban J connectivity index is 1.42. The van der Waals surface area contributed by atoms with Gasteiger partial charge in [-0.2, -0.15) is 5.10 Å². The van der Waals surface area contributed by atoms with Crippen LogP contribution in [0.3, 0.4) is 0 Å². The van der Waals surface area contributed by atoms with Crippen molar-refractivity contribution in [3.05, 3.63) is 47.5 Å². The number of nitrogens with one attached hydrogen (secondary N) is 1. The lowest BCUT2D eigenvalue weighted by atomic mass is 10.1. The molecule has 3 heterocycles. The van der Waals surface area contributed by atoms with Crippen LogP contribution < -0.4 is 5.32 Å². The molecule has 0 atom stereocenters. The van der Waals surface area contributed by atoms with Crippen LogP contribution in [0.4, 0.5) is 0 Å². The molecule has 1 saturated heterocycles. The lowest BCUT2D eigenvalue weighted by Crippen LogP contribution is -2.51. The quantitative estimate of drug-likeness (QED) is 0.897. The minimum absolute atomic E-state index is 0.0393. The van der Waals surface area contributed by atoms with Gasteiger partial charge in [-0.05, 0) is 32.0 Å². The molecule has 0 unspecified atom stereocenters. The second-order valence-corrected chi connectivity index (χ2v) is 5.82. The van der Waals surface area contributed by atoms with Gasteiger partial charge in [0.1, 0.15) is 0 Å². The van der Waals surface area contributed by atoms with Gasteiger partial charge in [0.25, 0.3) is 0 Å². The first-order valence-electron chi connectivity index (χ1n) is 7.53. The van der Waals surface area contributed by atoms with Crippen molar-refractivity contribution in [2.75, 3.05) is 19.6 Å². The van der Waals surface area contributed by atoms with Crippen molar-refractivity contribution < 1.29 is 4.79 Å². The zero-order valence-electron chi connectivity index (χ0n) is 13.0. The number of rotatable bonds is 5. The van der Waals surface area contributed by atoms with E-state index in [0.29, 0.717) is 19.1 Å². The van der Waals surface area contributed by atoms with Crippen molar-refractivity contribution in [3.63, 3.8) is 0 Å². The Morgan fingerprint density at radius 2 is 2.18 bits per heavy atom. The predicted octanol–water partition coefficient (Wildman–Crippen LogP) is 1.07. The Labute approximate surface area is 130 Å². The largest absolute Gasteiger partial charge is 0.349 e. The Kier molecular flexibility index (Phi) is 4.20. The number of aromatic nitrogens is 3. The van der Waals surface area contributed by atoms with Crippen LogP contribution in [0.25, 0.3) is 0 Å². The van der Waals surface area contributed by atoms with Crippen molar-refractivity contribution in [3.8, 4) is 0 Å². The van der Waals surface area contributed by atoms with E-state index in [4.69, 9.17) is 0 Å². The summed E-state index contributed by atoms with van der Waals surface area (Å²) in [4.78, 5) is 18.3. The van der Waals surface area contributed by atoms with Gasteiger partial charge in [0.15, 0.2) is 0 Å².